The molecule has 25 heavy (non-hydrogen) atoms. The molecule has 0 heterocycles. The second kappa shape index (κ2) is 24.5. The predicted molar refractivity (Wildman–Crippen MR) is 94.1 cm³/mol. The van der Waals surface area contributed by atoms with Crippen molar-refractivity contribution < 1.29 is 39.1 Å². The van der Waals surface area contributed by atoms with Crippen molar-refractivity contribution in [1.82, 2.24) is 0 Å². The Morgan fingerprint density at radius 1 is 1.12 bits per heavy atom. The first kappa shape index (κ1) is 28.1. The number of ether oxygens (including phenoxy) is 3. The number of carboxylic acid groups (broad SMARTS) is 1. The number of unbranched alkanes of at least 4 members (excludes halogenated alkanes) is 3. The van der Waals surface area contributed by atoms with Gasteiger partial charge in [0.05, 0.1) is 26.4 Å². The number of methoxy groups -OCH3 is 1. The molecule has 1 atom stereocenters. The van der Waals surface area contributed by atoms with Gasteiger partial charge in [-0.15, -0.1) is 0 Å². The van der Waals surface area contributed by atoms with Crippen molar-refractivity contribution in [3.63, 3.8) is 0 Å². The van der Waals surface area contributed by atoms with E-state index in [0.29, 0.717) is 6.61 Å². The normalized spacial score (nSPS) is 10.2. The number of hydrogen-bond acceptors (Lipinski definition) is 7. The van der Waals surface area contributed by atoms with Gasteiger partial charge in [-0.25, -0.2) is 9.59 Å². The highest BCUT2D eigenvalue weighted by atomic mass is 16.6. The van der Waals surface area contributed by atoms with Crippen LogP contribution in [0, 0.1) is 0 Å². The van der Waals surface area contributed by atoms with Crippen LogP contribution in [0.4, 0.5) is 0 Å². The molecule has 148 valence electrons. The Bertz CT molecular complexity index is 331. The maximum Gasteiger partial charge on any atom is 0.330 e. The maximum absolute atomic E-state index is 10.5. The highest BCUT2D eigenvalue weighted by Gasteiger charge is 1.98. The lowest BCUT2D eigenvalue weighted by atomic mass is 10.2. The minimum atomic E-state index is -0.981. The van der Waals surface area contributed by atoms with Crippen LogP contribution >= 0.6 is 0 Å². The fraction of sp³-hybridized carbons (Fsp3) is 0.647. The van der Waals surface area contributed by atoms with Crippen LogP contribution in [-0.4, -0.2) is 67.1 Å². The van der Waals surface area contributed by atoms with Crippen molar-refractivity contribution in [2.45, 2.75) is 38.9 Å². The Morgan fingerprint density at radius 2 is 1.72 bits per heavy atom. The summed E-state index contributed by atoms with van der Waals surface area (Å²) in [5, 5.41) is 24.5. The van der Waals surface area contributed by atoms with Crippen LogP contribution in [0.5, 0.6) is 0 Å². The van der Waals surface area contributed by atoms with Crippen LogP contribution in [0.25, 0.3) is 0 Å². The number of aliphatic hydroxyl groups is 2. The molecule has 0 aliphatic carbocycles. The summed E-state index contributed by atoms with van der Waals surface area (Å²) in [6.07, 6.45) is 5.67. The summed E-state index contributed by atoms with van der Waals surface area (Å²) < 4.78 is 13.9. The molecule has 0 aliphatic heterocycles. The minimum Gasteiger partial charge on any atom is -0.478 e. The zero-order chi connectivity index (χ0) is 19.9. The Labute approximate surface area is 149 Å². The summed E-state index contributed by atoms with van der Waals surface area (Å²) in [7, 11) is 1.38. The van der Waals surface area contributed by atoms with E-state index in [-0.39, 0.29) is 25.8 Å². The Hall–Kier alpha value is -1.74. The van der Waals surface area contributed by atoms with E-state index >= 15 is 0 Å². The van der Waals surface area contributed by atoms with Gasteiger partial charge in [-0.05, 0) is 6.42 Å². The topological polar surface area (TPSA) is 123 Å². The molecule has 0 aromatic rings. The Balaban J connectivity index is -0.000000311. The number of aliphatic hydroxyl groups excluding tert-OH is 2. The SMILES string of the molecule is C=CC(=O)O.C=CC(=O)OCCCCCC.COC(O)COCCO. The lowest BCUT2D eigenvalue weighted by molar-refractivity contribution is -0.138. The van der Waals surface area contributed by atoms with Crippen LogP contribution < -0.4 is 0 Å². The molecule has 0 rings (SSSR count). The van der Waals surface area contributed by atoms with E-state index in [2.05, 4.69) is 24.8 Å². The van der Waals surface area contributed by atoms with Gasteiger partial charge in [-0.1, -0.05) is 39.3 Å². The molecule has 0 aromatic carbocycles. The van der Waals surface area contributed by atoms with E-state index in [4.69, 9.17) is 24.8 Å². The van der Waals surface area contributed by atoms with Crippen molar-refractivity contribution in [2.75, 3.05) is 33.5 Å². The molecule has 0 radical (unpaired) electrons. The van der Waals surface area contributed by atoms with Crippen LogP contribution in [0.3, 0.4) is 0 Å². The number of aliphatic carboxylic acids is 1. The third kappa shape index (κ3) is 34.6. The van der Waals surface area contributed by atoms with E-state index in [1.807, 2.05) is 0 Å². The van der Waals surface area contributed by atoms with E-state index in [1.54, 1.807) is 0 Å². The van der Waals surface area contributed by atoms with Gasteiger partial charge in [0, 0.05) is 19.3 Å². The van der Waals surface area contributed by atoms with Gasteiger partial charge in [0.1, 0.15) is 0 Å². The lowest BCUT2D eigenvalue weighted by Gasteiger charge is -2.06. The Kier molecular flexibility index (Phi) is 27.5. The van der Waals surface area contributed by atoms with E-state index in [0.717, 1.165) is 18.9 Å². The number of carbonyl (C=O) groups is 2. The van der Waals surface area contributed by atoms with Gasteiger partial charge in [0.2, 0.25) is 0 Å². The largest absolute Gasteiger partial charge is 0.478 e. The molecule has 0 aromatic heterocycles. The first-order valence-corrected chi connectivity index (χ1v) is 7.93. The Morgan fingerprint density at radius 3 is 2.12 bits per heavy atom. The van der Waals surface area contributed by atoms with Gasteiger partial charge in [-0.3, -0.25) is 0 Å². The number of rotatable bonds is 12. The number of carbonyl (C=O) groups excluding carboxylic acids is 1. The summed E-state index contributed by atoms with van der Waals surface area (Å²) in [5.41, 5.74) is 0. The summed E-state index contributed by atoms with van der Waals surface area (Å²) in [6, 6.07) is 0. The highest BCUT2D eigenvalue weighted by Crippen LogP contribution is 1.98. The summed E-state index contributed by atoms with van der Waals surface area (Å²) >= 11 is 0. The third-order valence-corrected chi connectivity index (χ3v) is 2.35. The number of carboxylic acids is 1. The van der Waals surface area contributed by atoms with Gasteiger partial charge in [0.25, 0.3) is 0 Å². The third-order valence-electron chi connectivity index (χ3n) is 2.35. The molecule has 0 bridgehead atoms. The fourth-order valence-electron chi connectivity index (χ4n) is 1.08. The smallest absolute Gasteiger partial charge is 0.330 e. The van der Waals surface area contributed by atoms with Crippen molar-refractivity contribution in [3.05, 3.63) is 25.3 Å². The maximum atomic E-state index is 10.5. The average Bonchev–Trinajstić information content (AvgIpc) is 2.62. The summed E-state index contributed by atoms with van der Waals surface area (Å²) in [4.78, 5) is 19.8. The molecule has 0 spiro atoms. The predicted octanol–water partition coefficient (Wildman–Crippen LogP) is 1.51. The molecule has 0 saturated heterocycles. The fourth-order valence-corrected chi connectivity index (χ4v) is 1.08. The first-order valence-electron chi connectivity index (χ1n) is 7.93. The number of hydrogen-bond donors (Lipinski definition) is 3. The van der Waals surface area contributed by atoms with Gasteiger partial charge in [0.15, 0.2) is 6.29 Å². The monoisotopic (exact) mass is 364 g/mol. The van der Waals surface area contributed by atoms with E-state index in [1.165, 1.54) is 26.0 Å². The molecular weight excluding hydrogens is 332 g/mol. The molecule has 0 fully saturated rings. The molecule has 0 aliphatic rings. The zero-order valence-electron chi connectivity index (χ0n) is 15.2. The first-order chi connectivity index (χ1) is 11.9. The second-order valence-electron chi connectivity index (χ2n) is 4.46. The highest BCUT2D eigenvalue weighted by molar-refractivity contribution is 5.81. The molecule has 3 N–H and O–H groups in total. The van der Waals surface area contributed by atoms with E-state index in [9.17, 15) is 9.59 Å². The molecular formula is C17H32O8. The minimum absolute atomic E-state index is 0.0313. The average molecular weight is 364 g/mol. The van der Waals surface area contributed by atoms with Crippen LogP contribution in [-0.2, 0) is 23.8 Å². The van der Waals surface area contributed by atoms with Crippen molar-refractivity contribution >= 4 is 11.9 Å². The second-order valence-corrected chi connectivity index (χ2v) is 4.46. The van der Waals surface area contributed by atoms with Crippen LogP contribution in [0.2, 0.25) is 0 Å². The van der Waals surface area contributed by atoms with E-state index < -0.39 is 12.3 Å². The quantitative estimate of drug-likeness (QED) is 0.206. The lowest BCUT2D eigenvalue weighted by Crippen LogP contribution is -2.18. The molecule has 8 nitrogen and oxygen atoms in total. The van der Waals surface area contributed by atoms with Crippen molar-refractivity contribution in [2.24, 2.45) is 0 Å². The molecule has 8 heteroatoms. The molecule has 0 amide bonds. The van der Waals surface area contributed by atoms with Crippen LogP contribution in [0.15, 0.2) is 25.3 Å². The molecule has 0 saturated carbocycles. The zero-order valence-corrected chi connectivity index (χ0v) is 15.2. The summed E-state index contributed by atoms with van der Waals surface area (Å²) in [6.45, 7) is 9.26. The number of esters is 1. The van der Waals surface area contributed by atoms with Crippen LogP contribution in [0.1, 0.15) is 32.6 Å². The van der Waals surface area contributed by atoms with Gasteiger partial charge in [-0.2, -0.15) is 0 Å². The van der Waals surface area contributed by atoms with Crippen molar-refractivity contribution in [1.29, 1.82) is 0 Å². The molecule has 1 unspecified atom stereocenters. The van der Waals surface area contributed by atoms with Crippen molar-refractivity contribution in [3.8, 4) is 0 Å². The summed E-state index contributed by atoms with van der Waals surface area (Å²) in [5.74, 6) is -1.30. The standard InChI is InChI=1S/C9H16O2.C5H12O4.C3H4O2/c1-3-5-6-7-8-11-9(10)4-2;1-8-5(7)4-9-3-2-6;1-2-3(4)5/h4H,2-3,5-8H2,1H3;5-7H,2-4H2,1H3;2H,1H2,(H,4,5). The van der Waals surface area contributed by atoms with Gasteiger partial charge < -0.3 is 29.5 Å². The van der Waals surface area contributed by atoms with Gasteiger partial charge >= 0.3 is 11.9 Å².